The van der Waals surface area contributed by atoms with Gasteiger partial charge in [0.25, 0.3) is 0 Å². The number of rotatable bonds is 9. The molecule has 1 aromatic carbocycles. The Labute approximate surface area is 181 Å². The van der Waals surface area contributed by atoms with E-state index in [1.807, 2.05) is 30.3 Å². The number of carbonyl (C=O) groups is 4. The molecule has 3 atom stereocenters. The lowest BCUT2D eigenvalue weighted by atomic mass is 10.0. The van der Waals surface area contributed by atoms with Crippen molar-refractivity contribution in [2.45, 2.75) is 52.1 Å². The first-order valence-electron chi connectivity index (χ1n) is 10.3. The number of likely N-dealkylation sites (tertiary alicyclic amines) is 1. The smallest absolute Gasteiger partial charge is 0.328 e. The molecule has 1 saturated heterocycles. The molecule has 8 heteroatoms. The van der Waals surface area contributed by atoms with Gasteiger partial charge >= 0.3 is 5.97 Å². The molecule has 1 fully saturated rings. The van der Waals surface area contributed by atoms with Gasteiger partial charge in [-0.05, 0) is 25.3 Å². The van der Waals surface area contributed by atoms with Gasteiger partial charge in [-0.3, -0.25) is 14.4 Å². The van der Waals surface area contributed by atoms with E-state index in [4.69, 9.17) is 4.74 Å². The van der Waals surface area contributed by atoms with Crippen molar-refractivity contribution in [1.29, 1.82) is 0 Å². The fourth-order valence-electron chi connectivity index (χ4n) is 3.45. The third-order valence-corrected chi connectivity index (χ3v) is 6.04. The predicted molar refractivity (Wildman–Crippen MR) is 116 cm³/mol. The van der Waals surface area contributed by atoms with E-state index < -0.39 is 18.1 Å². The van der Waals surface area contributed by atoms with Crippen molar-refractivity contribution < 1.29 is 23.9 Å². The molecule has 0 saturated carbocycles. The fraction of sp³-hybridized carbons (Fsp3) is 0.545. The molecule has 1 aromatic rings. The van der Waals surface area contributed by atoms with Crippen LogP contribution in [0.2, 0.25) is 0 Å². The molecule has 30 heavy (non-hydrogen) atoms. The van der Waals surface area contributed by atoms with Gasteiger partial charge in [-0.25, -0.2) is 4.79 Å². The molecule has 1 aliphatic rings. The van der Waals surface area contributed by atoms with Crippen LogP contribution < -0.4 is 5.32 Å². The Balaban J connectivity index is 2.06. The van der Waals surface area contributed by atoms with Gasteiger partial charge in [0.15, 0.2) is 5.12 Å². The first-order valence-corrected chi connectivity index (χ1v) is 11.3. The van der Waals surface area contributed by atoms with Crippen molar-refractivity contribution in [3.63, 3.8) is 0 Å². The summed E-state index contributed by atoms with van der Waals surface area (Å²) in [4.78, 5) is 51.0. The van der Waals surface area contributed by atoms with E-state index in [0.29, 0.717) is 25.1 Å². The van der Waals surface area contributed by atoms with Crippen LogP contribution in [0.5, 0.6) is 0 Å². The number of benzene rings is 1. The molecule has 164 valence electrons. The Morgan fingerprint density at radius 2 is 1.93 bits per heavy atom. The van der Waals surface area contributed by atoms with Crippen LogP contribution in [0.4, 0.5) is 0 Å². The monoisotopic (exact) mass is 434 g/mol. The molecule has 0 aliphatic carbocycles. The molecule has 2 amide bonds. The second-order valence-electron chi connectivity index (χ2n) is 7.40. The Morgan fingerprint density at radius 3 is 2.57 bits per heavy atom. The molecule has 1 heterocycles. The molecule has 7 nitrogen and oxygen atoms in total. The average molecular weight is 435 g/mol. The van der Waals surface area contributed by atoms with Crippen molar-refractivity contribution in [1.82, 2.24) is 10.2 Å². The average Bonchev–Trinajstić information content (AvgIpc) is 3.21. The van der Waals surface area contributed by atoms with Crippen molar-refractivity contribution >= 4 is 34.7 Å². The van der Waals surface area contributed by atoms with E-state index in [-0.39, 0.29) is 29.5 Å². The van der Waals surface area contributed by atoms with Gasteiger partial charge in [-0.2, -0.15) is 0 Å². The minimum Gasteiger partial charge on any atom is -0.464 e. The molecular formula is C22H30N2O5S. The van der Waals surface area contributed by atoms with E-state index in [1.165, 1.54) is 6.92 Å². The first kappa shape index (κ1) is 23.9. The quantitative estimate of drug-likeness (QED) is 0.599. The molecule has 1 N–H and O–H groups in total. The summed E-state index contributed by atoms with van der Waals surface area (Å²) in [6, 6.07) is 7.97. The highest BCUT2D eigenvalue weighted by Crippen LogP contribution is 2.22. The Morgan fingerprint density at radius 1 is 1.23 bits per heavy atom. The number of nitrogens with one attached hydrogen (secondary N) is 1. The van der Waals surface area contributed by atoms with Gasteiger partial charge in [-0.15, -0.1) is 0 Å². The van der Waals surface area contributed by atoms with Gasteiger partial charge < -0.3 is 15.0 Å². The number of nitrogens with zero attached hydrogens (tertiary/aromatic N) is 1. The highest BCUT2D eigenvalue weighted by atomic mass is 32.2. The molecule has 0 aromatic heterocycles. The Kier molecular flexibility index (Phi) is 9.36. The fourth-order valence-corrected chi connectivity index (χ4v) is 4.08. The SMILES string of the molecule is CCOC(=O)[C@H](Cc1ccccc1)NC(=O)[C@@H]1CCCN1C(=O)C(C)CSC(C)=O. The molecule has 0 bridgehead atoms. The molecule has 0 radical (unpaired) electrons. The summed E-state index contributed by atoms with van der Waals surface area (Å²) < 4.78 is 5.14. The molecule has 2 rings (SSSR count). The van der Waals surface area contributed by atoms with Crippen molar-refractivity contribution in [3.05, 3.63) is 35.9 Å². The summed E-state index contributed by atoms with van der Waals surface area (Å²) in [6.07, 6.45) is 1.59. The van der Waals surface area contributed by atoms with Gasteiger partial charge in [0.05, 0.1) is 6.61 Å². The van der Waals surface area contributed by atoms with Crippen LogP contribution in [0.1, 0.15) is 39.2 Å². The van der Waals surface area contributed by atoms with Crippen molar-refractivity contribution in [3.8, 4) is 0 Å². The third-order valence-electron chi connectivity index (χ3n) is 4.97. The summed E-state index contributed by atoms with van der Waals surface area (Å²) >= 11 is 1.11. The van der Waals surface area contributed by atoms with E-state index in [0.717, 1.165) is 23.7 Å². The van der Waals surface area contributed by atoms with Crippen LogP contribution in [0.15, 0.2) is 30.3 Å². The Hall–Kier alpha value is -2.35. The van der Waals surface area contributed by atoms with Crippen molar-refractivity contribution in [2.24, 2.45) is 5.92 Å². The zero-order valence-electron chi connectivity index (χ0n) is 17.8. The normalized spacial score (nSPS) is 17.8. The first-order chi connectivity index (χ1) is 14.3. The van der Waals surface area contributed by atoms with E-state index >= 15 is 0 Å². The summed E-state index contributed by atoms with van der Waals surface area (Å²) in [7, 11) is 0. The maximum Gasteiger partial charge on any atom is 0.328 e. The lowest BCUT2D eigenvalue weighted by Gasteiger charge is -2.28. The Bertz CT molecular complexity index is 755. The molecule has 0 spiro atoms. The van der Waals surface area contributed by atoms with Crippen LogP contribution in [0.3, 0.4) is 0 Å². The summed E-state index contributed by atoms with van der Waals surface area (Å²) in [5, 5.41) is 2.76. The molecule has 1 aliphatic heterocycles. The van der Waals surface area contributed by atoms with Crippen LogP contribution in [0, 0.1) is 5.92 Å². The zero-order valence-corrected chi connectivity index (χ0v) is 18.6. The minimum atomic E-state index is -0.817. The number of thioether (sulfide) groups is 1. The second kappa shape index (κ2) is 11.7. The van der Waals surface area contributed by atoms with Crippen LogP contribution in [-0.4, -0.2) is 58.8 Å². The van der Waals surface area contributed by atoms with Gasteiger partial charge in [0, 0.05) is 31.6 Å². The maximum atomic E-state index is 13.0. The topological polar surface area (TPSA) is 92.8 Å². The van der Waals surface area contributed by atoms with Gasteiger partial charge in [0.1, 0.15) is 12.1 Å². The highest BCUT2D eigenvalue weighted by molar-refractivity contribution is 8.13. The van der Waals surface area contributed by atoms with E-state index in [2.05, 4.69) is 5.32 Å². The zero-order chi connectivity index (χ0) is 22.1. The van der Waals surface area contributed by atoms with Crippen molar-refractivity contribution in [2.75, 3.05) is 18.9 Å². The lowest BCUT2D eigenvalue weighted by Crippen LogP contribution is -2.52. The number of esters is 1. The van der Waals surface area contributed by atoms with Crippen LogP contribution in [-0.2, 0) is 30.3 Å². The number of amides is 2. The minimum absolute atomic E-state index is 0.0384. The summed E-state index contributed by atoms with van der Waals surface area (Å²) in [6.45, 7) is 5.67. The van der Waals surface area contributed by atoms with E-state index in [1.54, 1.807) is 18.7 Å². The second-order valence-corrected chi connectivity index (χ2v) is 8.59. The number of hydrogen-bond acceptors (Lipinski definition) is 6. The summed E-state index contributed by atoms with van der Waals surface area (Å²) in [5.74, 6) is -0.953. The van der Waals surface area contributed by atoms with Crippen LogP contribution >= 0.6 is 11.8 Å². The number of carbonyl (C=O) groups excluding carboxylic acids is 4. The predicted octanol–water partition coefficient (Wildman–Crippen LogP) is 2.18. The molecular weight excluding hydrogens is 404 g/mol. The van der Waals surface area contributed by atoms with Crippen LogP contribution in [0.25, 0.3) is 0 Å². The van der Waals surface area contributed by atoms with Gasteiger partial charge in [0.2, 0.25) is 11.8 Å². The van der Waals surface area contributed by atoms with E-state index in [9.17, 15) is 19.2 Å². The molecule has 1 unspecified atom stereocenters. The number of hydrogen-bond donors (Lipinski definition) is 1. The number of ether oxygens (including phenoxy) is 1. The summed E-state index contributed by atoms with van der Waals surface area (Å²) in [5.41, 5.74) is 0.907. The largest absolute Gasteiger partial charge is 0.464 e. The van der Waals surface area contributed by atoms with Gasteiger partial charge in [-0.1, -0.05) is 49.0 Å². The maximum absolute atomic E-state index is 13.0. The standard InChI is InChI=1S/C22H30N2O5S/c1-4-29-22(28)18(13-17-9-6-5-7-10-17)23-20(26)19-11-8-12-24(19)21(27)15(2)14-30-16(3)25/h5-7,9-10,15,18-19H,4,8,11-14H2,1-3H3,(H,23,26)/t15?,18-,19-/m0/s1. The third kappa shape index (κ3) is 6.86. The highest BCUT2D eigenvalue weighted by Gasteiger charge is 2.37. The lowest BCUT2D eigenvalue weighted by molar-refractivity contribution is -0.148.